The van der Waals surface area contributed by atoms with Crippen molar-refractivity contribution in [1.29, 1.82) is 0 Å². The minimum atomic E-state index is -1.09. The highest BCUT2D eigenvalue weighted by Gasteiger charge is 2.46. The van der Waals surface area contributed by atoms with Gasteiger partial charge < -0.3 is 29.9 Å². The maximum absolute atomic E-state index is 14.3. The van der Waals surface area contributed by atoms with Crippen LogP contribution in [0.1, 0.15) is 87.4 Å². The van der Waals surface area contributed by atoms with E-state index in [1.54, 1.807) is 18.2 Å². The minimum Gasteiger partial charge on any atom is -0.493 e. The first kappa shape index (κ1) is 32.2. The number of fused-ring (bicyclic) bond motifs is 2. The second-order valence-corrected chi connectivity index (χ2v) is 13.9. The summed E-state index contributed by atoms with van der Waals surface area (Å²) in [4.78, 5) is 41.0. The number of benzene rings is 1. The number of aliphatic hydroxyl groups excluding tert-OH is 2. The van der Waals surface area contributed by atoms with Crippen LogP contribution < -0.4 is 14.8 Å². The molecule has 5 rings (SSSR count). The molecule has 0 aliphatic heterocycles. The minimum absolute atomic E-state index is 0.00436. The van der Waals surface area contributed by atoms with Crippen molar-refractivity contribution in [2.45, 2.75) is 101 Å². The van der Waals surface area contributed by atoms with Gasteiger partial charge in [-0.25, -0.2) is 0 Å². The number of nitrogens with zero attached hydrogens (tertiary/aromatic N) is 1. The Hall–Kier alpha value is -2.18. The number of hydrogen-bond donors (Lipinski definition) is 3. The fourth-order valence-corrected chi connectivity index (χ4v) is 8.71. The van der Waals surface area contributed by atoms with E-state index in [0.717, 1.165) is 57.1 Å². The normalized spacial score (nSPS) is 29.0. The van der Waals surface area contributed by atoms with Gasteiger partial charge in [0.25, 0.3) is 0 Å². The summed E-state index contributed by atoms with van der Waals surface area (Å²) in [5.41, 5.74) is 0.847. The molecule has 4 aliphatic rings. The van der Waals surface area contributed by atoms with Crippen molar-refractivity contribution in [3.05, 3.63) is 32.9 Å². The highest BCUT2D eigenvalue weighted by atomic mass is 127. The van der Waals surface area contributed by atoms with Gasteiger partial charge in [0.2, 0.25) is 11.8 Å². The van der Waals surface area contributed by atoms with E-state index in [1.165, 1.54) is 26.4 Å². The molecule has 236 valence electrons. The average Bonchev–Trinajstić information content (AvgIpc) is 3.53. The monoisotopic (exact) mass is 708 g/mol. The Morgan fingerprint density at radius 1 is 1.12 bits per heavy atom. The zero-order valence-corrected chi connectivity index (χ0v) is 27.2. The number of carbonyl (C=O) groups is 3. The third-order valence-electron chi connectivity index (χ3n) is 10.0. The number of nitrogens with one attached hydrogen (secondary N) is 1. The van der Waals surface area contributed by atoms with Gasteiger partial charge in [-0.1, -0.05) is 32.1 Å². The third kappa shape index (κ3) is 7.39. The molecule has 0 saturated heterocycles. The van der Waals surface area contributed by atoms with Gasteiger partial charge in [0, 0.05) is 36.6 Å². The molecule has 0 radical (unpaired) electrons. The van der Waals surface area contributed by atoms with Crippen LogP contribution in [0.15, 0.2) is 23.8 Å². The van der Waals surface area contributed by atoms with E-state index in [4.69, 9.17) is 9.47 Å². The molecular formula is C33H45IN2O7. The fourth-order valence-electron chi connectivity index (χ4n) is 7.96. The van der Waals surface area contributed by atoms with Crippen LogP contribution in [-0.4, -0.2) is 77.8 Å². The van der Waals surface area contributed by atoms with Gasteiger partial charge in [-0.15, -0.1) is 0 Å². The van der Waals surface area contributed by atoms with Crippen LogP contribution >= 0.6 is 22.6 Å². The summed E-state index contributed by atoms with van der Waals surface area (Å²) >= 11 is 2.07. The molecule has 43 heavy (non-hydrogen) atoms. The van der Waals surface area contributed by atoms with Crippen molar-refractivity contribution in [3.8, 4) is 11.5 Å². The molecule has 0 spiro atoms. The van der Waals surface area contributed by atoms with Crippen molar-refractivity contribution in [3.63, 3.8) is 0 Å². The molecule has 0 heterocycles. The Bertz CT molecular complexity index is 1200. The molecule has 10 heteroatoms. The first-order valence-electron chi connectivity index (χ1n) is 15.9. The Kier molecular flexibility index (Phi) is 11.0. The van der Waals surface area contributed by atoms with Gasteiger partial charge in [0.05, 0.1) is 23.3 Å². The van der Waals surface area contributed by atoms with E-state index in [0.29, 0.717) is 44.5 Å². The van der Waals surface area contributed by atoms with Crippen molar-refractivity contribution < 1.29 is 34.1 Å². The van der Waals surface area contributed by atoms with Crippen LogP contribution in [0.4, 0.5) is 0 Å². The largest absolute Gasteiger partial charge is 0.493 e. The van der Waals surface area contributed by atoms with E-state index >= 15 is 0 Å². The quantitative estimate of drug-likeness (QED) is 0.177. The van der Waals surface area contributed by atoms with Crippen LogP contribution in [0.3, 0.4) is 0 Å². The first-order chi connectivity index (χ1) is 20.8. The molecule has 1 aromatic carbocycles. The molecule has 2 bridgehead atoms. The number of halogens is 1. The number of methoxy groups -OCH3 is 1. The molecule has 3 N–H and O–H groups in total. The number of rotatable bonds is 11. The number of ether oxygens (including phenoxy) is 2. The van der Waals surface area contributed by atoms with E-state index in [9.17, 15) is 24.6 Å². The number of aliphatic hydroxyl groups is 2. The molecule has 0 aromatic heterocycles. The van der Waals surface area contributed by atoms with Crippen molar-refractivity contribution >= 4 is 40.7 Å². The van der Waals surface area contributed by atoms with Gasteiger partial charge in [-0.05, 0) is 90.7 Å². The van der Waals surface area contributed by atoms with Gasteiger partial charge >= 0.3 is 0 Å². The van der Waals surface area contributed by atoms with E-state index in [2.05, 4.69) is 27.9 Å². The number of aldehydes is 1. The van der Waals surface area contributed by atoms with E-state index in [-0.39, 0.29) is 37.4 Å². The van der Waals surface area contributed by atoms with Gasteiger partial charge in [0.1, 0.15) is 18.5 Å². The highest BCUT2D eigenvalue weighted by molar-refractivity contribution is 14.1. The molecule has 4 aliphatic carbocycles. The van der Waals surface area contributed by atoms with Crippen LogP contribution in [0.25, 0.3) is 0 Å². The van der Waals surface area contributed by atoms with Crippen LogP contribution in [0.5, 0.6) is 11.5 Å². The summed E-state index contributed by atoms with van der Waals surface area (Å²) in [7, 11) is 1.48. The number of hydrogen-bond acceptors (Lipinski definition) is 7. The summed E-state index contributed by atoms with van der Waals surface area (Å²) in [6, 6.07) is 2.60. The van der Waals surface area contributed by atoms with E-state index in [1.807, 2.05) is 4.90 Å². The number of carbonyl (C=O) groups excluding carboxylic acids is 3. The molecule has 9 nitrogen and oxygen atoms in total. The fraction of sp³-hybridized carbons (Fsp3) is 0.667. The number of amides is 2. The molecule has 1 aromatic rings. The highest BCUT2D eigenvalue weighted by Crippen LogP contribution is 2.50. The molecule has 2 amide bonds. The zero-order valence-electron chi connectivity index (χ0n) is 25.0. The van der Waals surface area contributed by atoms with Gasteiger partial charge in [0.15, 0.2) is 11.5 Å². The molecule has 3 unspecified atom stereocenters. The first-order valence-corrected chi connectivity index (χ1v) is 17.0. The van der Waals surface area contributed by atoms with Crippen LogP contribution in [0.2, 0.25) is 0 Å². The summed E-state index contributed by atoms with van der Waals surface area (Å²) in [6.45, 7) is -0.0942. The molecule has 3 saturated carbocycles. The summed E-state index contributed by atoms with van der Waals surface area (Å²) in [5.74, 6) is 2.17. The van der Waals surface area contributed by atoms with Crippen molar-refractivity contribution in [1.82, 2.24) is 10.2 Å². The molecule has 3 fully saturated rings. The second kappa shape index (κ2) is 14.7. The lowest BCUT2D eigenvalue weighted by Gasteiger charge is -2.44. The topological polar surface area (TPSA) is 125 Å². The summed E-state index contributed by atoms with van der Waals surface area (Å²) in [6.07, 6.45) is 11.9. The smallest absolute Gasteiger partial charge is 0.247 e. The lowest BCUT2D eigenvalue weighted by atomic mass is 9.83. The Balaban J connectivity index is 1.48. The predicted octanol–water partition coefficient (Wildman–Crippen LogP) is 4.41. The van der Waals surface area contributed by atoms with Gasteiger partial charge in [-0.3, -0.25) is 14.4 Å². The van der Waals surface area contributed by atoms with Crippen LogP contribution in [0, 0.1) is 21.3 Å². The standard InChI is InChI=1S/C33H45IN2O7/c1-42-29-15-21(19-38)14-26(34)32(29)43-28-17-24(33(41)35-10-11-37)16-27(31(28)40)36(25-6-4-2-3-5-7-25)30(39)18-23-13-20-8-9-22(23)12-20/h14-15,17,19-20,22-23,25,27-28,31,37,40H,2-13,16,18H2,1H3,(H,35,41)/t20?,22?,23?,27-,28+,31+/m1/s1. The Labute approximate surface area is 267 Å². The maximum atomic E-state index is 14.3. The maximum Gasteiger partial charge on any atom is 0.247 e. The van der Waals surface area contributed by atoms with E-state index < -0.39 is 18.2 Å². The van der Waals surface area contributed by atoms with Crippen molar-refractivity contribution in [2.75, 3.05) is 20.3 Å². The third-order valence-corrected chi connectivity index (χ3v) is 10.8. The second-order valence-electron chi connectivity index (χ2n) is 12.8. The average molecular weight is 709 g/mol. The lowest BCUT2D eigenvalue weighted by Crippen LogP contribution is -2.58. The molecule has 6 atom stereocenters. The summed E-state index contributed by atoms with van der Waals surface area (Å²) in [5, 5.41) is 24.0. The van der Waals surface area contributed by atoms with Gasteiger partial charge in [-0.2, -0.15) is 0 Å². The zero-order chi connectivity index (χ0) is 30.5. The van der Waals surface area contributed by atoms with Crippen molar-refractivity contribution in [2.24, 2.45) is 17.8 Å². The summed E-state index contributed by atoms with van der Waals surface area (Å²) < 4.78 is 12.6. The SMILES string of the molecule is COc1cc(C=O)cc(I)c1O[C@H]1C=C(C(=O)NCCO)C[C@@H](N(C(=O)CC2CC3CCC2C3)C2CCCCCC2)[C@@H]1O. The Morgan fingerprint density at radius 2 is 1.88 bits per heavy atom. The molecular weight excluding hydrogens is 663 g/mol. The predicted molar refractivity (Wildman–Crippen MR) is 170 cm³/mol. The van der Waals surface area contributed by atoms with Crippen LogP contribution in [-0.2, 0) is 9.59 Å². The lowest BCUT2D eigenvalue weighted by molar-refractivity contribution is -0.144. The Morgan fingerprint density at radius 3 is 2.51 bits per heavy atom.